The molecule has 4 aromatic rings. The summed E-state index contributed by atoms with van der Waals surface area (Å²) >= 11 is 3.36. The average molecular weight is 383 g/mol. The zero-order chi connectivity index (χ0) is 17.8. The van der Waals surface area contributed by atoms with Crippen LogP contribution in [0.5, 0.6) is 5.75 Å². The molecular weight excluding hydrogens is 364 g/mol. The Morgan fingerprint density at radius 2 is 1.92 bits per heavy atom. The largest absolute Gasteiger partial charge is 0.494 e. The van der Waals surface area contributed by atoms with Crippen LogP contribution in [0.25, 0.3) is 15.5 Å². The third kappa shape index (κ3) is 3.73. The molecular formula is C19H18N4OS2. The van der Waals surface area contributed by atoms with Gasteiger partial charge in [0.25, 0.3) is 0 Å². The maximum atomic E-state index is 5.58. The van der Waals surface area contributed by atoms with Gasteiger partial charge in [-0.15, -0.1) is 22.0 Å². The van der Waals surface area contributed by atoms with E-state index < -0.39 is 0 Å². The van der Waals surface area contributed by atoms with Crippen molar-refractivity contribution < 1.29 is 4.74 Å². The lowest BCUT2D eigenvalue weighted by atomic mass is 10.2. The van der Waals surface area contributed by atoms with E-state index in [1.54, 1.807) is 11.3 Å². The smallest absolute Gasteiger partial charge is 0.235 e. The van der Waals surface area contributed by atoms with Crippen molar-refractivity contribution in [1.29, 1.82) is 0 Å². The van der Waals surface area contributed by atoms with E-state index in [0.29, 0.717) is 6.61 Å². The van der Waals surface area contributed by atoms with Gasteiger partial charge in [0.05, 0.1) is 12.4 Å². The highest BCUT2D eigenvalue weighted by molar-refractivity contribution is 7.97. The molecule has 0 radical (unpaired) electrons. The zero-order valence-corrected chi connectivity index (χ0v) is 16.0. The molecule has 0 saturated heterocycles. The molecule has 7 heteroatoms. The van der Waals surface area contributed by atoms with E-state index in [1.165, 1.54) is 5.56 Å². The summed E-state index contributed by atoms with van der Waals surface area (Å²) in [6.07, 6.45) is 0. The van der Waals surface area contributed by atoms with E-state index in [2.05, 4.69) is 34.5 Å². The first-order chi connectivity index (χ1) is 12.8. The van der Waals surface area contributed by atoms with E-state index in [1.807, 2.05) is 53.5 Å². The van der Waals surface area contributed by atoms with E-state index in [4.69, 9.17) is 9.84 Å². The van der Waals surface area contributed by atoms with Crippen LogP contribution in [0.4, 0.5) is 0 Å². The zero-order valence-electron chi connectivity index (χ0n) is 14.3. The Balaban J connectivity index is 1.51. The fraction of sp³-hybridized carbons (Fsp3) is 0.211. The Labute approximate surface area is 160 Å². The van der Waals surface area contributed by atoms with Gasteiger partial charge in [0, 0.05) is 11.3 Å². The summed E-state index contributed by atoms with van der Waals surface area (Å²) in [5.41, 5.74) is 2.35. The molecule has 2 heterocycles. The van der Waals surface area contributed by atoms with Gasteiger partial charge in [-0.3, -0.25) is 0 Å². The lowest BCUT2D eigenvalue weighted by molar-refractivity contribution is 0.340. The molecule has 0 aliphatic heterocycles. The number of thioether (sulfide) groups is 1. The summed E-state index contributed by atoms with van der Waals surface area (Å²) in [6, 6.07) is 18.4. The maximum Gasteiger partial charge on any atom is 0.235 e. The molecule has 5 nitrogen and oxygen atoms in total. The quantitative estimate of drug-likeness (QED) is 0.464. The first-order valence-corrected chi connectivity index (χ1v) is 10.4. The lowest BCUT2D eigenvalue weighted by Crippen LogP contribution is -1.95. The molecule has 132 valence electrons. The number of benzene rings is 2. The van der Waals surface area contributed by atoms with Gasteiger partial charge in [0.1, 0.15) is 10.8 Å². The van der Waals surface area contributed by atoms with E-state index in [9.17, 15) is 0 Å². The molecule has 26 heavy (non-hydrogen) atoms. The Bertz CT molecular complexity index is 997. The van der Waals surface area contributed by atoms with Crippen LogP contribution in [0.1, 0.15) is 18.3 Å². The number of nitrogens with zero attached hydrogens (tertiary/aromatic N) is 4. The molecule has 4 rings (SSSR count). The van der Waals surface area contributed by atoms with Crippen LogP contribution in [-0.2, 0) is 11.5 Å². The van der Waals surface area contributed by atoms with Gasteiger partial charge in [0.2, 0.25) is 4.96 Å². The molecule has 0 aliphatic rings. The highest BCUT2D eigenvalue weighted by atomic mass is 32.2. The van der Waals surface area contributed by atoms with Crippen LogP contribution in [0.2, 0.25) is 0 Å². The predicted octanol–water partition coefficient (Wildman–Crippen LogP) is 4.68. The van der Waals surface area contributed by atoms with Gasteiger partial charge < -0.3 is 4.74 Å². The first-order valence-electron chi connectivity index (χ1n) is 8.39. The summed E-state index contributed by atoms with van der Waals surface area (Å²) in [4.78, 5) is 0.817. The highest BCUT2D eigenvalue weighted by Crippen LogP contribution is 2.29. The van der Waals surface area contributed by atoms with Gasteiger partial charge >= 0.3 is 0 Å². The summed E-state index contributed by atoms with van der Waals surface area (Å²) in [6.45, 7) is 2.63. The monoisotopic (exact) mass is 382 g/mol. The van der Waals surface area contributed by atoms with Crippen LogP contribution >= 0.6 is 23.1 Å². The standard InChI is InChI=1S/C19H18N4OS2/c1-2-24-16-10-6-9-15(11-16)18-22-23-17(20-21-19(23)26-18)13-25-12-14-7-4-3-5-8-14/h3-11H,2,12-13H2,1H3. The topological polar surface area (TPSA) is 52.3 Å². The number of hydrogen-bond acceptors (Lipinski definition) is 6. The predicted molar refractivity (Wildman–Crippen MR) is 107 cm³/mol. The summed E-state index contributed by atoms with van der Waals surface area (Å²) < 4.78 is 7.43. The maximum absolute atomic E-state index is 5.58. The molecule has 2 aromatic carbocycles. The highest BCUT2D eigenvalue weighted by Gasteiger charge is 2.13. The molecule has 0 bridgehead atoms. The van der Waals surface area contributed by atoms with E-state index >= 15 is 0 Å². The molecule has 2 aromatic heterocycles. The Morgan fingerprint density at radius 3 is 2.77 bits per heavy atom. The minimum atomic E-state index is 0.650. The van der Waals surface area contributed by atoms with Crippen LogP contribution in [0, 0.1) is 0 Å². The minimum absolute atomic E-state index is 0.650. The second-order valence-electron chi connectivity index (χ2n) is 5.66. The summed E-state index contributed by atoms with van der Waals surface area (Å²) in [5.74, 6) is 3.46. The molecule has 0 unspecified atom stereocenters. The molecule has 0 spiro atoms. The Morgan fingerprint density at radius 1 is 1.04 bits per heavy atom. The van der Waals surface area contributed by atoms with Crippen molar-refractivity contribution in [2.45, 2.75) is 18.4 Å². The van der Waals surface area contributed by atoms with Crippen LogP contribution in [0.3, 0.4) is 0 Å². The van der Waals surface area contributed by atoms with Crippen molar-refractivity contribution in [3.63, 3.8) is 0 Å². The SMILES string of the molecule is CCOc1cccc(-c2nn3c(CSCc4ccccc4)nnc3s2)c1. The molecule has 0 fully saturated rings. The minimum Gasteiger partial charge on any atom is -0.494 e. The number of fused-ring (bicyclic) bond motifs is 1. The third-order valence-electron chi connectivity index (χ3n) is 3.79. The van der Waals surface area contributed by atoms with Gasteiger partial charge in [-0.25, -0.2) is 0 Å². The fourth-order valence-electron chi connectivity index (χ4n) is 2.58. The fourth-order valence-corrected chi connectivity index (χ4v) is 4.33. The Hall–Kier alpha value is -2.38. The van der Waals surface area contributed by atoms with Crippen molar-refractivity contribution in [3.05, 3.63) is 66.0 Å². The van der Waals surface area contributed by atoms with E-state index in [0.717, 1.165) is 38.6 Å². The molecule has 0 saturated carbocycles. The van der Waals surface area contributed by atoms with Gasteiger partial charge in [-0.2, -0.15) is 9.61 Å². The lowest BCUT2D eigenvalue weighted by Gasteiger charge is -2.03. The molecule has 0 amide bonds. The van der Waals surface area contributed by atoms with E-state index in [-0.39, 0.29) is 0 Å². The van der Waals surface area contributed by atoms with Crippen LogP contribution in [-0.4, -0.2) is 26.4 Å². The Kier molecular flexibility index (Phi) is 5.17. The molecule has 0 N–H and O–H groups in total. The third-order valence-corrected chi connectivity index (χ3v) is 5.74. The number of hydrogen-bond donors (Lipinski definition) is 0. The summed E-state index contributed by atoms with van der Waals surface area (Å²) in [7, 11) is 0. The van der Waals surface area contributed by atoms with Crippen molar-refractivity contribution >= 4 is 28.1 Å². The molecule has 0 atom stereocenters. The second-order valence-corrected chi connectivity index (χ2v) is 7.60. The summed E-state index contributed by atoms with van der Waals surface area (Å²) in [5, 5.41) is 14.2. The van der Waals surface area contributed by atoms with Crippen molar-refractivity contribution in [1.82, 2.24) is 19.8 Å². The number of rotatable bonds is 7. The van der Waals surface area contributed by atoms with Crippen molar-refractivity contribution in [2.75, 3.05) is 6.61 Å². The van der Waals surface area contributed by atoms with Crippen LogP contribution < -0.4 is 4.74 Å². The molecule has 0 aliphatic carbocycles. The van der Waals surface area contributed by atoms with Gasteiger partial charge in [-0.1, -0.05) is 53.8 Å². The number of aromatic nitrogens is 4. The number of ether oxygens (including phenoxy) is 1. The van der Waals surface area contributed by atoms with Gasteiger partial charge in [-0.05, 0) is 24.6 Å². The normalized spacial score (nSPS) is 11.1. The van der Waals surface area contributed by atoms with Crippen molar-refractivity contribution in [2.24, 2.45) is 0 Å². The van der Waals surface area contributed by atoms with Gasteiger partial charge in [0.15, 0.2) is 5.82 Å². The first kappa shape index (κ1) is 17.1. The van der Waals surface area contributed by atoms with Crippen molar-refractivity contribution in [3.8, 4) is 16.3 Å². The average Bonchev–Trinajstić information content (AvgIpc) is 3.25. The van der Waals surface area contributed by atoms with Crippen LogP contribution in [0.15, 0.2) is 54.6 Å². The second kappa shape index (κ2) is 7.88.